The van der Waals surface area contributed by atoms with Crippen molar-refractivity contribution in [1.29, 1.82) is 0 Å². The first-order valence-electron chi connectivity index (χ1n) is 7.44. The molecule has 0 spiro atoms. The van der Waals surface area contributed by atoms with Gasteiger partial charge in [-0.25, -0.2) is 0 Å². The van der Waals surface area contributed by atoms with E-state index in [0.717, 1.165) is 22.9 Å². The van der Waals surface area contributed by atoms with Crippen molar-refractivity contribution in [2.45, 2.75) is 51.0 Å². The van der Waals surface area contributed by atoms with E-state index < -0.39 is 0 Å². The predicted molar refractivity (Wildman–Crippen MR) is 85.9 cm³/mol. The Morgan fingerprint density at radius 3 is 2.76 bits per heavy atom. The zero-order chi connectivity index (χ0) is 14.9. The Labute approximate surface area is 133 Å². The van der Waals surface area contributed by atoms with Crippen molar-refractivity contribution in [3.63, 3.8) is 0 Å². The predicted octanol–water partition coefficient (Wildman–Crippen LogP) is 4.01. The van der Waals surface area contributed by atoms with Crippen LogP contribution < -0.4 is 5.73 Å². The molecule has 21 heavy (non-hydrogen) atoms. The molecule has 1 aliphatic carbocycles. The van der Waals surface area contributed by atoms with E-state index in [1.807, 2.05) is 18.2 Å². The Balaban J connectivity index is 1.78. The van der Waals surface area contributed by atoms with E-state index in [-0.39, 0.29) is 5.54 Å². The van der Waals surface area contributed by atoms with Gasteiger partial charge in [0.2, 0.25) is 11.7 Å². The maximum Gasteiger partial charge on any atom is 0.228 e. The fraction of sp³-hybridized carbons (Fsp3) is 0.500. The van der Waals surface area contributed by atoms with Gasteiger partial charge in [0.05, 0.1) is 0 Å². The summed E-state index contributed by atoms with van der Waals surface area (Å²) in [5.74, 6) is 1.27. The van der Waals surface area contributed by atoms with Gasteiger partial charge >= 0.3 is 0 Å². The van der Waals surface area contributed by atoms with Gasteiger partial charge in [0.1, 0.15) is 0 Å². The molecule has 0 saturated heterocycles. The van der Waals surface area contributed by atoms with Crippen molar-refractivity contribution in [1.82, 2.24) is 10.1 Å². The number of hydrogen-bond donors (Lipinski definition) is 1. The van der Waals surface area contributed by atoms with Gasteiger partial charge in [-0.1, -0.05) is 52.5 Å². The Morgan fingerprint density at radius 2 is 2.05 bits per heavy atom. The number of nitrogens with zero attached hydrogens (tertiary/aromatic N) is 2. The largest absolute Gasteiger partial charge is 0.339 e. The van der Waals surface area contributed by atoms with Crippen LogP contribution in [-0.2, 0) is 6.42 Å². The molecule has 2 N–H and O–H groups in total. The zero-order valence-electron chi connectivity index (χ0n) is 12.2. The van der Waals surface area contributed by atoms with Gasteiger partial charge in [0, 0.05) is 22.0 Å². The minimum atomic E-state index is -0.171. The highest BCUT2D eigenvalue weighted by atomic mass is 79.9. The third kappa shape index (κ3) is 3.35. The summed E-state index contributed by atoms with van der Waals surface area (Å²) in [6.07, 6.45) is 6.44. The van der Waals surface area contributed by atoms with Gasteiger partial charge in [-0.3, -0.25) is 0 Å². The van der Waals surface area contributed by atoms with Gasteiger partial charge in [0.25, 0.3) is 0 Å². The molecule has 1 saturated carbocycles. The molecule has 1 aromatic carbocycles. The van der Waals surface area contributed by atoms with E-state index in [1.54, 1.807) is 0 Å². The molecule has 0 amide bonds. The summed E-state index contributed by atoms with van der Waals surface area (Å²) in [5, 5.41) is 4.09. The molecule has 0 unspecified atom stereocenters. The normalized spacial score (nSPS) is 17.9. The average Bonchev–Trinajstić information content (AvgIpc) is 2.90. The first-order valence-corrected chi connectivity index (χ1v) is 8.23. The van der Waals surface area contributed by atoms with Crippen LogP contribution in [0.2, 0.25) is 0 Å². The smallest absolute Gasteiger partial charge is 0.228 e. The van der Waals surface area contributed by atoms with Crippen molar-refractivity contribution in [2.75, 3.05) is 0 Å². The standard InChI is InChI=1S/C16H20BrN3O/c1-11-5-6-12(9-13(11)17)15-19-14(21-20-15)10-16(18)7-3-2-4-8-16/h5-6,9H,2-4,7-8,10,18H2,1H3. The molecule has 1 fully saturated rings. The molecule has 0 atom stereocenters. The zero-order valence-corrected chi connectivity index (χ0v) is 13.8. The van der Waals surface area contributed by atoms with E-state index in [0.29, 0.717) is 18.1 Å². The van der Waals surface area contributed by atoms with Crippen molar-refractivity contribution in [3.05, 3.63) is 34.1 Å². The van der Waals surface area contributed by atoms with E-state index in [2.05, 4.69) is 33.0 Å². The highest BCUT2D eigenvalue weighted by Crippen LogP contribution is 2.29. The lowest BCUT2D eigenvalue weighted by Gasteiger charge is -2.31. The Morgan fingerprint density at radius 1 is 1.29 bits per heavy atom. The van der Waals surface area contributed by atoms with Gasteiger partial charge in [-0.2, -0.15) is 4.98 Å². The summed E-state index contributed by atoms with van der Waals surface area (Å²) in [6.45, 7) is 2.05. The Bertz CT molecular complexity index is 632. The number of halogens is 1. The lowest BCUT2D eigenvalue weighted by atomic mass is 9.80. The molecular weight excluding hydrogens is 330 g/mol. The summed E-state index contributed by atoms with van der Waals surface area (Å²) in [6, 6.07) is 6.07. The number of benzene rings is 1. The van der Waals surface area contributed by atoms with Crippen molar-refractivity contribution >= 4 is 15.9 Å². The topological polar surface area (TPSA) is 64.9 Å². The van der Waals surface area contributed by atoms with Crippen LogP contribution in [0.4, 0.5) is 0 Å². The molecular formula is C16H20BrN3O. The summed E-state index contributed by atoms with van der Waals surface area (Å²) >= 11 is 3.53. The molecule has 0 radical (unpaired) electrons. The molecule has 0 bridgehead atoms. The molecule has 112 valence electrons. The van der Waals surface area contributed by atoms with Crippen molar-refractivity contribution < 1.29 is 4.52 Å². The van der Waals surface area contributed by atoms with Crippen LogP contribution in [0.1, 0.15) is 43.6 Å². The van der Waals surface area contributed by atoms with Gasteiger partial charge < -0.3 is 10.3 Å². The quantitative estimate of drug-likeness (QED) is 0.908. The lowest BCUT2D eigenvalue weighted by molar-refractivity contribution is 0.261. The van der Waals surface area contributed by atoms with Crippen molar-refractivity contribution in [2.24, 2.45) is 5.73 Å². The maximum atomic E-state index is 6.45. The minimum absolute atomic E-state index is 0.171. The van der Waals surface area contributed by atoms with E-state index >= 15 is 0 Å². The second-order valence-electron chi connectivity index (χ2n) is 6.08. The Kier molecular flexibility index (Phi) is 4.13. The molecule has 2 aromatic rings. The van der Waals surface area contributed by atoms with Gasteiger partial charge in [-0.15, -0.1) is 0 Å². The van der Waals surface area contributed by atoms with E-state index in [4.69, 9.17) is 10.3 Å². The number of aromatic nitrogens is 2. The highest BCUT2D eigenvalue weighted by Gasteiger charge is 2.30. The first kappa shape index (κ1) is 14.7. The average molecular weight is 350 g/mol. The molecule has 4 nitrogen and oxygen atoms in total. The van der Waals surface area contributed by atoms with Crippen LogP contribution in [0.15, 0.2) is 27.2 Å². The third-order valence-electron chi connectivity index (χ3n) is 4.25. The highest BCUT2D eigenvalue weighted by molar-refractivity contribution is 9.10. The van der Waals surface area contributed by atoms with Crippen LogP contribution in [0, 0.1) is 6.92 Å². The Hall–Kier alpha value is -1.20. The molecule has 0 aliphatic heterocycles. The van der Waals surface area contributed by atoms with Crippen LogP contribution in [0.5, 0.6) is 0 Å². The summed E-state index contributed by atoms with van der Waals surface area (Å²) in [5.41, 5.74) is 8.42. The van der Waals surface area contributed by atoms with Crippen LogP contribution in [0.3, 0.4) is 0 Å². The van der Waals surface area contributed by atoms with E-state index in [9.17, 15) is 0 Å². The van der Waals surface area contributed by atoms with Gasteiger partial charge in [-0.05, 0) is 31.4 Å². The van der Waals surface area contributed by atoms with Crippen molar-refractivity contribution in [3.8, 4) is 11.4 Å². The SMILES string of the molecule is Cc1ccc(-c2noc(CC3(N)CCCCC3)n2)cc1Br. The molecule has 1 aromatic heterocycles. The number of rotatable bonds is 3. The first-order chi connectivity index (χ1) is 10.1. The summed E-state index contributed by atoms with van der Waals surface area (Å²) < 4.78 is 6.45. The van der Waals surface area contributed by atoms with Crippen LogP contribution >= 0.6 is 15.9 Å². The maximum absolute atomic E-state index is 6.45. The van der Waals surface area contributed by atoms with Gasteiger partial charge in [0.15, 0.2) is 0 Å². The minimum Gasteiger partial charge on any atom is -0.339 e. The number of hydrogen-bond acceptors (Lipinski definition) is 4. The van der Waals surface area contributed by atoms with Crippen LogP contribution in [0.25, 0.3) is 11.4 Å². The number of aryl methyl sites for hydroxylation is 1. The van der Waals surface area contributed by atoms with Crippen LogP contribution in [-0.4, -0.2) is 15.7 Å². The second kappa shape index (κ2) is 5.89. The summed E-state index contributed by atoms with van der Waals surface area (Å²) in [4.78, 5) is 4.51. The van der Waals surface area contributed by atoms with E-state index in [1.165, 1.54) is 24.8 Å². The molecule has 5 heteroatoms. The molecule has 1 heterocycles. The molecule has 3 rings (SSSR count). The summed E-state index contributed by atoms with van der Waals surface area (Å²) in [7, 11) is 0. The fourth-order valence-electron chi connectivity index (χ4n) is 2.91. The monoisotopic (exact) mass is 349 g/mol. The lowest BCUT2D eigenvalue weighted by Crippen LogP contribution is -2.43. The molecule has 1 aliphatic rings. The number of nitrogens with two attached hydrogens (primary N) is 1. The fourth-order valence-corrected chi connectivity index (χ4v) is 3.29. The third-order valence-corrected chi connectivity index (χ3v) is 5.11. The second-order valence-corrected chi connectivity index (χ2v) is 6.93.